The average Bonchev–Trinajstić information content (AvgIpc) is 2.44. The van der Waals surface area contributed by atoms with Gasteiger partial charge in [0.1, 0.15) is 11.3 Å². The highest BCUT2D eigenvalue weighted by molar-refractivity contribution is 5.97. The number of esters is 1. The Morgan fingerprint density at radius 2 is 1.95 bits per heavy atom. The van der Waals surface area contributed by atoms with Gasteiger partial charge in [-0.1, -0.05) is 19.1 Å². The standard InChI is InChI=1S/C14H18N2O5/c1-3-9(2)15-14(20)16-12(18)8-21-13(19)10-6-4-5-7-11(10)17/h4-7,9,17H,3,8H2,1-2H3,(H2,15,16,18,20)/t9-/m0/s1. The number of imide groups is 1. The molecule has 0 fully saturated rings. The first-order valence-electron chi connectivity index (χ1n) is 6.49. The Morgan fingerprint density at radius 1 is 1.29 bits per heavy atom. The highest BCUT2D eigenvalue weighted by Crippen LogP contribution is 2.16. The zero-order chi connectivity index (χ0) is 15.8. The van der Waals surface area contributed by atoms with E-state index >= 15 is 0 Å². The lowest BCUT2D eigenvalue weighted by Gasteiger charge is -2.11. The number of carbonyl (C=O) groups is 3. The molecule has 0 saturated heterocycles. The number of amides is 3. The molecular formula is C14H18N2O5. The summed E-state index contributed by atoms with van der Waals surface area (Å²) >= 11 is 0. The van der Waals surface area contributed by atoms with Crippen molar-refractivity contribution in [3.05, 3.63) is 29.8 Å². The molecule has 0 unspecified atom stereocenters. The van der Waals surface area contributed by atoms with Crippen molar-refractivity contribution in [2.75, 3.05) is 6.61 Å². The van der Waals surface area contributed by atoms with Gasteiger partial charge in [-0.2, -0.15) is 0 Å². The van der Waals surface area contributed by atoms with Crippen molar-refractivity contribution in [3.63, 3.8) is 0 Å². The summed E-state index contributed by atoms with van der Waals surface area (Å²) in [6.45, 7) is 3.07. The van der Waals surface area contributed by atoms with Crippen molar-refractivity contribution in [1.82, 2.24) is 10.6 Å². The van der Waals surface area contributed by atoms with E-state index < -0.39 is 24.5 Å². The molecule has 0 heterocycles. The third-order valence-electron chi connectivity index (χ3n) is 2.70. The second-order valence-electron chi connectivity index (χ2n) is 4.42. The second kappa shape index (κ2) is 7.88. The molecule has 1 atom stereocenters. The van der Waals surface area contributed by atoms with Crippen LogP contribution in [0.25, 0.3) is 0 Å². The van der Waals surface area contributed by atoms with E-state index in [0.29, 0.717) is 0 Å². The topological polar surface area (TPSA) is 105 Å². The molecule has 0 aromatic heterocycles. The number of ether oxygens (including phenoxy) is 1. The molecule has 0 aliphatic carbocycles. The molecule has 21 heavy (non-hydrogen) atoms. The number of carbonyl (C=O) groups excluding carboxylic acids is 3. The molecule has 3 N–H and O–H groups in total. The summed E-state index contributed by atoms with van der Waals surface area (Å²) in [6, 6.07) is 5.09. The van der Waals surface area contributed by atoms with Gasteiger partial charge in [-0.3, -0.25) is 10.1 Å². The minimum absolute atomic E-state index is 0.0469. The Kier molecular flexibility index (Phi) is 6.19. The van der Waals surface area contributed by atoms with Gasteiger partial charge in [0.05, 0.1) is 0 Å². The molecule has 3 amide bonds. The number of para-hydroxylation sites is 1. The van der Waals surface area contributed by atoms with Gasteiger partial charge < -0.3 is 15.2 Å². The number of hydrogen-bond donors (Lipinski definition) is 3. The Morgan fingerprint density at radius 3 is 2.57 bits per heavy atom. The van der Waals surface area contributed by atoms with Crippen LogP contribution in [0.5, 0.6) is 5.75 Å². The van der Waals surface area contributed by atoms with Crippen molar-refractivity contribution in [2.24, 2.45) is 0 Å². The zero-order valence-corrected chi connectivity index (χ0v) is 11.9. The van der Waals surface area contributed by atoms with Gasteiger partial charge in [-0.15, -0.1) is 0 Å². The van der Waals surface area contributed by atoms with Crippen molar-refractivity contribution >= 4 is 17.9 Å². The molecule has 1 aromatic carbocycles. The van der Waals surface area contributed by atoms with E-state index in [4.69, 9.17) is 4.74 Å². The summed E-state index contributed by atoms with van der Waals surface area (Å²) in [4.78, 5) is 34.4. The van der Waals surface area contributed by atoms with E-state index in [1.807, 2.05) is 12.2 Å². The lowest BCUT2D eigenvalue weighted by molar-refractivity contribution is -0.123. The Balaban J connectivity index is 2.41. The zero-order valence-electron chi connectivity index (χ0n) is 11.9. The number of nitrogens with one attached hydrogen (secondary N) is 2. The van der Waals surface area contributed by atoms with Crippen LogP contribution in [0.2, 0.25) is 0 Å². The maximum absolute atomic E-state index is 11.6. The first-order valence-corrected chi connectivity index (χ1v) is 6.49. The smallest absolute Gasteiger partial charge is 0.342 e. The third kappa shape index (κ3) is 5.52. The number of hydrogen-bond acceptors (Lipinski definition) is 5. The minimum Gasteiger partial charge on any atom is -0.507 e. The second-order valence-corrected chi connectivity index (χ2v) is 4.42. The minimum atomic E-state index is -0.842. The Bertz CT molecular complexity index is 530. The number of phenols is 1. The quantitative estimate of drug-likeness (QED) is 0.707. The summed E-state index contributed by atoms with van der Waals surface area (Å²) in [5.74, 6) is -1.83. The molecule has 0 spiro atoms. The van der Waals surface area contributed by atoms with E-state index in [0.717, 1.165) is 6.42 Å². The van der Waals surface area contributed by atoms with Gasteiger partial charge in [-0.25, -0.2) is 9.59 Å². The average molecular weight is 294 g/mol. The number of phenolic OH excluding ortho intramolecular Hbond substituents is 1. The molecule has 1 rings (SSSR count). The molecular weight excluding hydrogens is 276 g/mol. The van der Waals surface area contributed by atoms with Crippen LogP contribution < -0.4 is 10.6 Å². The van der Waals surface area contributed by atoms with Crippen LogP contribution in [0.4, 0.5) is 4.79 Å². The number of aromatic hydroxyl groups is 1. The number of urea groups is 1. The van der Waals surface area contributed by atoms with Crippen molar-refractivity contribution in [1.29, 1.82) is 0 Å². The van der Waals surface area contributed by atoms with Crippen molar-refractivity contribution < 1.29 is 24.2 Å². The fourth-order valence-corrected chi connectivity index (χ4v) is 1.38. The molecule has 7 nitrogen and oxygen atoms in total. The largest absolute Gasteiger partial charge is 0.507 e. The Hall–Kier alpha value is -2.57. The fraction of sp³-hybridized carbons (Fsp3) is 0.357. The fourth-order valence-electron chi connectivity index (χ4n) is 1.38. The van der Waals surface area contributed by atoms with Gasteiger partial charge in [0.15, 0.2) is 6.61 Å². The molecule has 7 heteroatoms. The highest BCUT2D eigenvalue weighted by Gasteiger charge is 2.15. The van der Waals surface area contributed by atoms with Crippen LogP contribution in [0.15, 0.2) is 24.3 Å². The highest BCUT2D eigenvalue weighted by atomic mass is 16.5. The molecule has 114 valence electrons. The van der Waals surface area contributed by atoms with Gasteiger partial charge in [0.25, 0.3) is 5.91 Å². The van der Waals surface area contributed by atoms with E-state index in [1.54, 1.807) is 19.1 Å². The first kappa shape index (κ1) is 16.5. The summed E-state index contributed by atoms with van der Waals surface area (Å²) < 4.78 is 4.71. The summed E-state index contributed by atoms with van der Waals surface area (Å²) in [6.07, 6.45) is 0.726. The van der Waals surface area contributed by atoms with Gasteiger partial charge in [0, 0.05) is 6.04 Å². The number of rotatable bonds is 5. The predicted molar refractivity (Wildman–Crippen MR) is 74.8 cm³/mol. The lowest BCUT2D eigenvalue weighted by Crippen LogP contribution is -2.44. The van der Waals surface area contributed by atoms with Crippen molar-refractivity contribution in [2.45, 2.75) is 26.3 Å². The predicted octanol–water partition coefficient (Wildman–Crippen LogP) is 1.17. The molecule has 0 aliphatic heterocycles. The van der Waals surface area contributed by atoms with Gasteiger partial charge in [-0.05, 0) is 25.5 Å². The Labute approximate surface area is 122 Å². The van der Waals surface area contributed by atoms with E-state index in [2.05, 4.69) is 5.32 Å². The molecule has 1 aromatic rings. The molecule has 0 radical (unpaired) electrons. The molecule has 0 bridgehead atoms. The van der Waals surface area contributed by atoms with Crippen LogP contribution in [-0.2, 0) is 9.53 Å². The normalized spacial score (nSPS) is 11.3. The van der Waals surface area contributed by atoms with Gasteiger partial charge in [0.2, 0.25) is 0 Å². The van der Waals surface area contributed by atoms with Crippen LogP contribution in [0.3, 0.4) is 0 Å². The van der Waals surface area contributed by atoms with Crippen LogP contribution in [-0.4, -0.2) is 35.7 Å². The first-order chi connectivity index (χ1) is 9.93. The van der Waals surface area contributed by atoms with Crippen LogP contribution in [0, 0.1) is 0 Å². The van der Waals surface area contributed by atoms with E-state index in [1.165, 1.54) is 12.1 Å². The van der Waals surface area contributed by atoms with E-state index in [9.17, 15) is 19.5 Å². The molecule has 0 aliphatic rings. The summed E-state index contributed by atoms with van der Waals surface area (Å²) in [7, 11) is 0. The maximum Gasteiger partial charge on any atom is 0.342 e. The number of benzene rings is 1. The third-order valence-corrected chi connectivity index (χ3v) is 2.70. The summed E-state index contributed by atoms with van der Waals surface area (Å²) in [5.41, 5.74) is -0.0469. The van der Waals surface area contributed by atoms with Gasteiger partial charge >= 0.3 is 12.0 Å². The monoisotopic (exact) mass is 294 g/mol. The SMILES string of the molecule is CC[C@H](C)NC(=O)NC(=O)COC(=O)c1ccccc1O. The lowest BCUT2D eigenvalue weighted by atomic mass is 10.2. The van der Waals surface area contributed by atoms with Crippen molar-refractivity contribution in [3.8, 4) is 5.75 Å². The summed E-state index contributed by atoms with van der Waals surface area (Å²) in [5, 5.41) is 14.0. The van der Waals surface area contributed by atoms with E-state index in [-0.39, 0.29) is 17.4 Å². The maximum atomic E-state index is 11.6. The van der Waals surface area contributed by atoms with Crippen LogP contribution >= 0.6 is 0 Å². The van der Waals surface area contributed by atoms with Crippen LogP contribution in [0.1, 0.15) is 30.6 Å². The molecule has 0 saturated carbocycles.